The number of anilines is 1. The minimum Gasteiger partial charge on any atom is -0.395 e. The normalized spacial score (nSPS) is 12.3. The average Bonchev–Trinajstić information content (AvgIpc) is 2.34. The third-order valence-electron chi connectivity index (χ3n) is 2.25. The van der Waals surface area contributed by atoms with Gasteiger partial charge in [-0.05, 0) is 12.1 Å². The highest BCUT2D eigenvalue weighted by Gasteiger charge is 2.15. The lowest BCUT2D eigenvalue weighted by atomic mass is 10.3. The van der Waals surface area contributed by atoms with Gasteiger partial charge in [0.05, 0.1) is 30.4 Å². The van der Waals surface area contributed by atoms with Crippen LogP contribution in [0.15, 0.2) is 29.2 Å². The Morgan fingerprint density at radius 1 is 1.10 bits per heavy atom. The van der Waals surface area contributed by atoms with E-state index in [9.17, 15) is 16.8 Å². The number of aliphatic hydroxyl groups is 1. The van der Waals surface area contributed by atoms with E-state index < -0.39 is 26.6 Å². The molecular weight excluding hydrogens is 310 g/mol. The molecule has 1 aromatic rings. The molecule has 10 heteroatoms. The zero-order chi connectivity index (χ0) is 15.2. The SMILES string of the molecule is O=S(=O)(CCO)CCONc1ccccc1S(=O)(=O)O. The number of sulfone groups is 1. The van der Waals surface area contributed by atoms with Crippen molar-refractivity contribution in [2.45, 2.75) is 4.90 Å². The van der Waals surface area contributed by atoms with Gasteiger partial charge in [-0.15, -0.1) is 0 Å². The molecule has 0 atom stereocenters. The van der Waals surface area contributed by atoms with E-state index in [1.807, 2.05) is 0 Å². The van der Waals surface area contributed by atoms with E-state index in [-0.39, 0.29) is 28.7 Å². The van der Waals surface area contributed by atoms with Crippen molar-refractivity contribution >= 4 is 25.6 Å². The molecular formula is C10H15NO7S2. The highest BCUT2D eigenvalue weighted by molar-refractivity contribution is 7.91. The Morgan fingerprint density at radius 3 is 2.35 bits per heavy atom. The summed E-state index contributed by atoms with van der Waals surface area (Å²) < 4.78 is 53.6. The summed E-state index contributed by atoms with van der Waals surface area (Å²) in [5, 5.41) is 8.53. The molecule has 1 aromatic carbocycles. The van der Waals surface area contributed by atoms with E-state index in [1.54, 1.807) is 0 Å². The van der Waals surface area contributed by atoms with Gasteiger partial charge in [0.1, 0.15) is 4.90 Å². The molecule has 114 valence electrons. The summed E-state index contributed by atoms with van der Waals surface area (Å²) in [5.74, 6) is -0.688. The molecule has 0 spiro atoms. The summed E-state index contributed by atoms with van der Waals surface area (Å²) in [7, 11) is -7.81. The largest absolute Gasteiger partial charge is 0.395 e. The molecule has 0 saturated carbocycles. The van der Waals surface area contributed by atoms with Crippen LogP contribution in [0.1, 0.15) is 0 Å². The second-order valence-electron chi connectivity index (χ2n) is 3.80. The van der Waals surface area contributed by atoms with Crippen LogP contribution in [0.5, 0.6) is 0 Å². The molecule has 0 aliphatic rings. The zero-order valence-corrected chi connectivity index (χ0v) is 12.0. The van der Waals surface area contributed by atoms with Gasteiger partial charge in [-0.2, -0.15) is 8.42 Å². The van der Waals surface area contributed by atoms with E-state index in [2.05, 4.69) is 5.48 Å². The Hall–Kier alpha value is -1.20. The Kier molecular flexibility index (Phi) is 5.89. The van der Waals surface area contributed by atoms with E-state index in [0.29, 0.717) is 0 Å². The maximum Gasteiger partial charge on any atom is 0.296 e. The second kappa shape index (κ2) is 6.99. The number of hydrogen-bond donors (Lipinski definition) is 3. The van der Waals surface area contributed by atoms with Gasteiger partial charge in [-0.25, -0.2) is 8.42 Å². The third-order valence-corrected chi connectivity index (χ3v) is 4.75. The van der Waals surface area contributed by atoms with E-state index >= 15 is 0 Å². The summed E-state index contributed by atoms with van der Waals surface area (Å²) in [6, 6.07) is 5.46. The maximum atomic E-state index is 11.3. The van der Waals surface area contributed by atoms with Crippen molar-refractivity contribution in [2.75, 3.05) is 30.2 Å². The van der Waals surface area contributed by atoms with Gasteiger partial charge in [0, 0.05) is 0 Å². The summed E-state index contributed by atoms with van der Waals surface area (Å²) in [4.78, 5) is 4.47. The molecule has 0 bridgehead atoms. The van der Waals surface area contributed by atoms with Gasteiger partial charge in [0.2, 0.25) is 0 Å². The average molecular weight is 325 g/mol. The minimum atomic E-state index is -4.40. The predicted octanol–water partition coefficient (Wildman–Crippen LogP) is -0.316. The Morgan fingerprint density at radius 2 is 1.75 bits per heavy atom. The van der Waals surface area contributed by atoms with Gasteiger partial charge in [-0.3, -0.25) is 14.9 Å². The van der Waals surface area contributed by atoms with Crippen molar-refractivity contribution in [3.05, 3.63) is 24.3 Å². The summed E-state index contributed by atoms with van der Waals surface area (Å²) in [5.41, 5.74) is 2.26. The molecule has 0 heterocycles. The fourth-order valence-corrected chi connectivity index (χ4v) is 2.77. The highest BCUT2D eigenvalue weighted by Crippen LogP contribution is 2.20. The number of hydrogen-bond acceptors (Lipinski definition) is 7. The smallest absolute Gasteiger partial charge is 0.296 e. The monoisotopic (exact) mass is 325 g/mol. The first kappa shape index (κ1) is 16.9. The lowest BCUT2D eigenvalue weighted by molar-refractivity contribution is 0.210. The number of nitrogens with one attached hydrogen (secondary N) is 1. The topological polar surface area (TPSA) is 130 Å². The van der Waals surface area contributed by atoms with Crippen LogP contribution in [0.3, 0.4) is 0 Å². The van der Waals surface area contributed by atoms with E-state index in [1.165, 1.54) is 24.3 Å². The first-order valence-corrected chi connectivity index (χ1v) is 8.78. The van der Waals surface area contributed by atoms with Gasteiger partial charge in [-0.1, -0.05) is 12.1 Å². The van der Waals surface area contributed by atoms with Crippen molar-refractivity contribution in [3.8, 4) is 0 Å². The molecule has 0 aliphatic carbocycles. The van der Waals surface area contributed by atoms with Crippen LogP contribution in [-0.4, -0.2) is 51.2 Å². The van der Waals surface area contributed by atoms with Crippen LogP contribution >= 0.6 is 0 Å². The number of benzene rings is 1. The molecule has 0 fully saturated rings. The Labute approximate surface area is 117 Å². The molecule has 20 heavy (non-hydrogen) atoms. The molecule has 0 amide bonds. The Bertz CT molecular complexity index is 639. The predicted molar refractivity (Wildman–Crippen MR) is 71.6 cm³/mol. The molecule has 0 radical (unpaired) electrons. The fourth-order valence-electron chi connectivity index (χ4n) is 1.31. The first-order valence-electron chi connectivity index (χ1n) is 5.52. The summed E-state index contributed by atoms with van der Waals surface area (Å²) >= 11 is 0. The lowest BCUT2D eigenvalue weighted by Crippen LogP contribution is -2.19. The molecule has 0 saturated heterocycles. The van der Waals surface area contributed by atoms with Crippen LogP contribution in [0, 0.1) is 0 Å². The molecule has 3 N–H and O–H groups in total. The van der Waals surface area contributed by atoms with Crippen LogP contribution in [0.4, 0.5) is 5.69 Å². The van der Waals surface area contributed by atoms with E-state index in [0.717, 1.165) is 0 Å². The zero-order valence-electron chi connectivity index (χ0n) is 10.4. The Balaban J connectivity index is 2.60. The van der Waals surface area contributed by atoms with Crippen molar-refractivity contribution in [1.29, 1.82) is 0 Å². The van der Waals surface area contributed by atoms with Crippen molar-refractivity contribution in [1.82, 2.24) is 0 Å². The molecule has 8 nitrogen and oxygen atoms in total. The van der Waals surface area contributed by atoms with E-state index in [4.69, 9.17) is 14.5 Å². The summed E-state index contributed by atoms with van der Waals surface area (Å²) in [6.07, 6.45) is 0. The molecule has 1 rings (SSSR count). The van der Waals surface area contributed by atoms with Gasteiger partial charge in [0.15, 0.2) is 9.84 Å². The fraction of sp³-hybridized carbons (Fsp3) is 0.400. The van der Waals surface area contributed by atoms with Gasteiger partial charge < -0.3 is 5.11 Å². The minimum absolute atomic E-state index is 0.00504. The van der Waals surface area contributed by atoms with Crippen molar-refractivity contribution in [3.63, 3.8) is 0 Å². The van der Waals surface area contributed by atoms with Gasteiger partial charge >= 0.3 is 0 Å². The standard InChI is InChI=1S/C10H15NO7S2/c12-5-7-19(13,14)8-6-18-11-9-3-1-2-4-10(9)20(15,16)17/h1-4,11-12H,5-8H2,(H,15,16,17). The number of aliphatic hydroxyl groups excluding tert-OH is 1. The van der Waals surface area contributed by atoms with Crippen LogP contribution in [-0.2, 0) is 24.8 Å². The third kappa shape index (κ3) is 5.43. The van der Waals surface area contributed by atoms with Crippen LogP contribution in [0.25, 0.3) is 0 Å². The first-order chi connectivity index (χ1) is 9.26. The summed E-state index contributed by atoms with van der Waals surface area (Å²) in [6.45, 7) is -0.705. The molecule has 0 unspecified atom stereocenters. The second-order valence-corrected chi connectivity index (χ2v) is 7.49. The quantitative estimate of drug-likeness (QED) is 0.337. The van der Waals surface area contributed by atoms with Gasteiger partial charge in [0.25, 0.3) is 10.1 Å². The lowest BCUT2D eigenvalue weighted by Gasteiger charge is -2.10. The van der Waals surface area contributed by atoms with Crippen molar-refractivity contribution in [2.24, 2.45) is 0 Å². The van der Waals surface area contributed by atoms with Crippen molar-refractivity contribution < 1.29 is 31.3 Å². The van der Waals surface area contributed by atoms with Crippen LogP contribution in [0.2, 0.25) is 0 Å². The number of rotatable bonds is 8. The molecule has 0 aromatic heterocycles. The highest BCUT2D eigenvalue weighted by atomic mass is 32.2. The molecule has 0 aliphatic heterocycles. The number of para-hydroxylation sites is 1. The maximum absolute atomic E-state index is 11.3. The van der Waals surface area contributed by atoms with Crippen LogP contribution < -0.4 is 5.48 Å².